The van der Waals surface area contributed by atoms with Crippen LogP contribution in [0, 0.1) is 12.2 Å². The van der Waals surface area contributed by atoms with Gasteiger partial charge in [0, 0.05) is 10.6 Å². The predicted molar refractivity (Wildman–Crippen MR) is 93.7 cm³/mol. The van der Waals surface area contributed by atoms with Gasteiger partial charge in [0.2, 0.25) is 0 Å². The molecule has 0 aliphatic heterocycles. The van der Waals surface area contributed by atoms with Crippen LogP contribution in [0.1, 0.15) is 17.5 Å². The molecule has 0 bridgehead atoms. The standard InChI is InChI=1S/C19H14Cl2FO/c1-23-18-4-2-3-16(15-10-9-14(22)11-17(15)21)19(18)12-5-7-13(20)8-6-12/h3-11H,2H2,1H3. The number of halogens is 3. The van der Waals surface area contributed by atoms with Crippen LogP contribution in [0.4, 0.5) is 4.39 Å². The van der Waals surface area contributed by atoms with Crippen LogP contribution >= 0.6 is 23.2 Å². The van der Waals surface area contributed by atoms with E-state index >= 15 is 0 Å². The Kier molecular flexibility index (Phi) is 4.74. The van der Waals surface area contributed by atoms with Crippen LogP contribution in [-0.4, -0.2) is 7.11 Å². The van der Waals surface area contributed by atoms with Crippen LogP contribution < -0.4 is 0 Å². The Labute approximate surface area is 145 Å². The van der Waals surface area contributed by atoms with Crippen molar-refractivity contribution in [1.29, 1.82) is 0 Å². The van der Waals surface area contributed by atoms with Gasteiger partial charge in [-0.1, -0.05) is 41.4 Å². The molecule has 1 aliphatic carbocycles. The van der Waals surface area contributed by atoms with Gasteiger partial charge < -0.3 is 4.74 Å². The summed E-state index contributed by atoms with van der Waals surface area (Å²) < 4.78 is 18.9. The first-order valence-corrected chi connectivity index (χ1v) is 7.89. The zero-order chi connectivity index (χ0) is 16.4. The molecule has 0 spiro atoms. The molecule has 0 N–H and O–H groups in total. The maximum atomic E-state index is 13.4. The molecule has 2 aromatic carbocycles. The molecule has 0 fully saturated rings. The normalized spacial score (nSPS) is 14.7. The van der Waals surface area contributed by atoms with Crippen LogP contribution in [0.15, 0.2) is 54.3 Å². The molecule has 0 aromatic heterocycles. The molecule has 1 nitrogen and oxygen atoms in total. The van der Waals surface area contributed by atoms with Gasteiger partial charge in [0.1, 0.15) is 11.6 Å². The number of ether oxygens (including phenoxy) is 1. The summed E-state index contributed by atoms with van der Waals surface area (Å²) in [5, 5.41) is 1.04. The Bertz CT molecular complexity index is 792. The molecular weight excluding hydrogens is 334 g/mol. The number of hydrogen-bond acceptors (Lipinski definition) is 1. The van der Waals surface area contributed by atoms with E-state index in [1.807, 2.05) is 30.3 Å². The molecule has 1 aliphatic rings. The highest BCUT2D eigenvalue weighted by atomic mass is 35.5. The number of methoxy groups -OCH3 is 1. The average molecular weight is 348 g/mol. The molecule has 1 radical (unpaired) electrons. The molecule has 0 saturated carbocycles. The van der Waals surface area contributed by atoms with Crippen molar-refractivity contribution in [2.75, 3.05) is 7.11 Å². The molecule has 4 heteroatoms. The Hall–Kier alpha value is -1.77. The third-order valence-electron chi connectivity index (χ3n) is 3.72. The second-order valence-electron chi connectivity index (χ2n) is 5.13. The molecular formula is C19H14Cl2FO. The van der Waals surface area contributed by atoms with Gasteiger partial charge in [0.25, 0.3) is 0 Å². The molecule has 0 unspecified atom stereocenters. The fourth-order valence-electron chi connectivity index (χ4n) is 2.67. The third kappa shape index (κ3) is 3.29. The smallest absolute Gasteiger partial charge is 0.124 e. The molecule has 0 atom stereocenters. The summed E-state index contributed by atoms with van der Waals surface area (Å²) >= 11 is 12.2. The second-order valence-corrected chi connectivity index (χ2v) is 5.98. The van der Waals surface area contributed by atoms with Crippen LogP contribution in [0.25, 0.3) is 11.1 Å². The van der Waals surface area contributed by atoms with Crippen LogP contribution in [0.5, 0.6) is 0 Å². The highest BCUT2D eigenvalue weighted by Gasteiger charge is 2.21. The molecule has 117 valence electrons. The van der Waals surface area contributed by atoms with Crippen molar-refractivity contribution in [3.05, 3.63) is 87.7 Å². The lowest BCUT2D eigenvalue weighted by Crippen LogP contribution is -2.04. The van der Waals surface area contributed by atoms with Crippen molar-refractivity contribution >= 4 is 34.3 Å². The van der Waals surface area contributed by atoms with Gasteiger partial charge in [-0.25, -0.2) is 4.39 Å². The van der Waals surface area contributed by atoms with Crippen LogP contribution in [-0.2, 0) is 4.74 Å². The van der Waals surface area contributed by atoms with Gasteiger partial charge >= 0.3 is 0 Å². The minimum atomic E-state index is -0.356. The quantitative estimate of drug-likeness (QED) is 0.643. The maximum Gasteiger partial charge on any atom is 0.124 e. The first-order valence-electron chi connectivity index (χ1n) is 7.13. The molecule has 23 heavy (non-hydrogen) atoms. The lowest BCUT2D eigenvalue weighted by atomic mass is 9.86. The number of allylic oxidation sites excluding steroid dienone is 3. The first-order chi connectivity index (χ1) is 11.1. The molecule has 2 aromatic rings. The van der Waals surface area contributed by atoms with E-state index < -0.39 is 0 Å². The number of benzene rings is 2. The molecule has 0 saturated heterocycles. The summed E-state index contributed by atoms with van der Waals surface area (Å²) in [6.45, 7) is 0. The Morgan fingerprint density at radius 3 is 2.43 bits per heavy atom. The molecule has 0 heterocycles. The van der Waals surface area contributed by atoms with Gasteiger partial charge in [0.05, 0.1) is 12.1 Å². The Morgan fingerprint density at radius 1 is 1.04 bits per heavy atom. The van der Waals surface area contributed by atoms with Crippen molar-refractivity contribution in [3.63, 3.8) is 0 Å². The lowest BCUT2D eigenvalue weighted by Gasteiger charge is -2.22. The van der Waals surface area contributed by atoms with E-state index in [0.29, 0.717) is 10.0 Å². The van der Waals surface area contributed by atoms with Crippen molar-refractivity contribution in [2.45, 2.75) is 6.42 Å². The van der Waals surface area contributed by atoms with Crippen molar-refractivity contribution in [2.24, 2.45) is 0 Å². The van der Waals surface area contributed by atoms with Gasteiger partial charge in [-0.2, -0.15) is 0 Å². The summed E-state index contributed by atoms with van der Waals surface area (Å²) in [6.07, 6.45) is 4.79. The Balaban J connectivity index is 2.22. The first kappa shape index (κ1) is 16.1. The topological polar surface area (TPSA) is 9.23 Å². The zero-order valence-corrected chi connectivity index (χ0v) is 14.0. The fraction of sp³-hybridized carbons (Fsp3) is 0.105. The molecule has 0 amide bonds. The van der Waals surface area contributed by atoms with E-state index in [2.05, 4.69) is 6.42 Å². The SMILES string of the molecule is COC1=CC[CH]C(c2ccc(F)cc2Cl)=C1c1ccc(Cl)cc1. The van der Waals surface area contributed by atoms with E-state index in [1.54, 1.807) is 13.2 Å². The lowest BCUT2D eigenvalue weighted by molar-refractivity contribution is 0.309. The van der Waals surface area contributed by atoms with Crippen LogP contribution in [0.2, 0.25) is 10.0 Å². The summed E-state index contributed by atoms with van der Waals surface area (Å²) in [5.74, 6) is 0.413. The van der Waals surface area contributed by atoms with Crippen molar-refractivity contribution in [1.82, 2.24) is 0 Å². The maximum absolute atomic E-state index is 13.4. The van der Waals surface area contributed by atoms with E-state index in [9.17, 15) is 4.39 Å². The summed E-state index contributed by atoms with van der Waals surface area (Å²) in [5.41, 5.74) is 3.59. The van der Waals surface area contributed by atoms with E-state index in [0.717, 1.165) is 34.5 Å². The predicted octanol–water partition coefficient (Wildman–Crippen LogP) is 6.18. The minimum absolute atomic E-state index is 0.356. The fourth-order valence-corrected chi connectivity index (χ4v) is 3.07. The van der Waals surface area contributed by atoms with Gasteiger partial charge in [0.15, 0.2) is 0 Å². The third-order valence-corrected chi connectivity index (χ3v) is 4.28. The summed E-state index contributed by atoms with van der Waals surface area (Å²) in [6, 6.07) is 11.9. The zero-order valence-electron chi connectivity index (χ0n) is 12.4. The highest BCUT2D eigenvalue weighted by Crippen LogP contribution is 2.40. The largest absolute Gasteiger partial charge is 0.496 e. The summed E-state index contributed by atoms with van der Waals surface area (Å²) in [7, 11) is 1.64. The average Bonchev–Trinajstić information content (AvgIpc) is 2.55. The van der Waals surface area contributed by atoms with Gasteiger partial charge in [-0.3, -0.25) is 0 Å². The second kappa shape index (κ2) is 6.77. The number of rotatable bonds is 3. The molecule has 3 rings (SSSR count). The van der Waals surface area contributed by atoms with Gasteiger partial charge in [-0.15, -0.1) is 0 Å². The minimum Gasteiger partial charge on any atom is -0.496 e. The number of hydrogen-bond donors (Lipinski definition) is 0. The Morgan fingerprint density at radius 2 is 1.78 bits per heavy atom. The van der Waals surface area contributed by atoms with Crippen molar-refractivity contribution in [3.8, 4) is 0 Å². The monoisotopic (exact) mass is 347 g/mol. The van der Waals surface area contributed by atoms with Gasteiger partial charge in [-0.05, 0) is 59.9 Å². The highest BCUT2D eigenvalue weighted by molar-refractivity contribution is 6.33. The summed E-state index contributed by atoms with van der Waals surface area (Å²) in [4.78, 5) is 0. The van der Waals surface area contributed by atoms with E-state index in [1.165, 1.54) is 12.1 Å². The van der Waals surface area contributed by atoms with E-state index in [4.69, 9.17) is 27.9 Å². The van der Waals surface area contributed by atoms with Crippen LogP contribution in [0.3, 0.4) is 0 Å². The van der Waals surface area contributed by atoms with Crippen molar-refractivity contribution < 1.29 is 9.13 Å². The van der Waals surface area contributed by atoms with E-state index in [-0.39, 0.29) is 5.82 Å².